The Bertz CT molecular complexity index is 2390. The summed E-state index contributed by atoms with van der Waals surface area (Å²) in [5.41, 5.74) is 20.0. The van der Waals surface area contributed by atoms with Crippen LogP contribution in [0.5, 0.6) is 0 Å². The molecule has 0 heterocycles. The zero-order valence-electron chi connectivity index (χ0n) is 30.2. The van der Waals surface area contributed by atoms with E-state index in [-0.39, 0.29) is 0 Å². The van der Waals surface area contributed by atoms with Gasteiger partial charge in [-0.1, -0.05) is 192 Å². The molecule has 0 aromatic heterocycles. The second-order valence-corrected chi connectivity index (χ2v) is 15.1. The molecule has 0 bridgehead atoms. The lowest BCUT2D eigenvalue weighted by atomic mass is 9.64. The molecule has 0 saturated heterocycles. The Morgan fingerprint density at radius 1 is 0.269 bits per heavy atom. The Hall–Kier alpha value is -5.98. The highest BCUT2D eigenvalue weighted by atomic mass is 14.5. The molecule has 8 aromatic rings. The van der Waals surface area contributed by atoms with E-state index < -0.39 is 10.8 Å². The highest BCUT2D eigenvalue weighted by molar-refractivity contribution is 6.06. The third-order valence-electron chi connectivity index (χ3n) is 12.1. The van der Waals surface area contributed by atoms with Crippen LogP contribution in [0, 0.1) is 27.7 Å². The summed E-state index contributed by atoms with van der Waals surface area (Å²) >= 11 is 0. The average molecular weight is 665 g/mol. The topological polar surface area (TPSA) is 0 Å². The predicted molar refractivity (Wildman–Crippen MR) is 218 cm³/mol. The van der Waals surface area contributed by atoms with Gasteiger partial charge in [0.25, 0.3) is 0 Å². The van der Waals surface area contributed by atoms with Gasteiger partial charge in [-0.2, -0.15) is 0 Å². The molecule has 248 valence electrons. The Balaban J connectivity index is 1.40. The van der Waals surface area contributed by atoms with E-state index in [9.17, 15) is 0 Å². The van der Waals surface area contributed by atoms with Crippen molar-refractivity contribution in [3.05, 3.63) is 237 Å². The van der Waals surface area contributed by atoms with Gasteiger partial charge in [-0.15, -0.1) is 0 Å². The van der Waals surface area contributed by atoms with Crippen molar-refractivity contribution in [3.63, 3.8) is 0 Å². The van der Waals surface area contributed by atoms with E-state index in [2.05, 4.69) is 198 Å². The molecule has 0 atom stereocenters. The molecule has 10 rings (SSSR count). The van der Waals surface area contributed by atoms with Gasteiger partial charge in [0, 0.05) is 0 Å². The number of hydrogen-bond acceptors (Lipinski definition) is 0. The maximum atomic E-state index is 2.44. The number of benzene rings is 8. The molecule has 0 N–H and O–H groups in total. The van der Waals surface area contributed by atoms with E-state index in [1.54, 1.807) is 0 Å². The number of rotatable bonds is 4. The van der Waals surface area contributed by atoms with Gasteiger partial charge in [-0.05, 0) is 105 Å². The molecule has 8 aromatic carbocycles. The summed E-state index contributed by atoms with van der Waals surface area (Å²) in [5.74, 6) is 0. The van der Waals surface area contributed by atoms with E-state index >= 15 is 0 Å². The second kappa shape index (κ2) is 11.3. The molecular formula is C52H40. The highest BCUT2D eigenvalue weighted by Crippen LogP contribution is 2.62. The zero-order chi connectivity index (χ0) is 35.2. The minimum Gasteiger partial charge on any atom is -0.0619 e. The Morgan fingerprint density at radius 3 is 0.865 bits per heavy atom. The molecule has 0 unspecified atom stereocenters. The van der Waals surface area contributed by atoms with Crippen molar-refractivity contribution >= 4 is 10.8 Å². The normalized spacial score (nSPS) is 14.5. The van der Waals surface area contributed by atoms with Crippen LogP contribution >= 0.6 is 0 Å². The fourth-order valence-corrected chi connectivity index (χ4v) is 9.77. The summed E-state index contributed by atoms with van der Waals surface area (Å²) in [4.78, 5) is 0. The summed E-state index contributed by atoms with van der Waals surface area (Å²) in [6, 6.07) is 65.2. The van der Waals surface area contributed by atoms with Crippen LogP contribution in [0.3, 0.4) is 0 Å². The van der Waals surface area contributed by atoms with Crippen molar-refractivity contribution in [2.75, 3.05) is 0 Å². The standard InChI is InChI=1S/C52H40/c1-33-13-21-37(22-14-33)51(38-23-15-34(2)16-24-38)47-11-7-5-9-41(47)43-29-32-46-45(49(43)51)31-30-44-42-10-6-8-12-48(42)52(50(44)46,39-25-17-35(3)18-26-39)40-27-19-36(4)20-28-40/h5-32H,1-4H3. The van der Waals surface area contributed by atoms with E-state index in [4.69, 9.17) is 0 Å². The van der Waals surface area contributed by atoms with Gasteiger partial charge in [0.15, 0.2) is 0 Å². The summed E-state index contributed by atoms with van der Waals surface area (Å²) < 4.78 is 0. The first-order chi connectivity index (χ1) is 25.4. The molecule has 0 nitrogen and oxygen atoms in total. The molecule has 0 spiro atoms. The Morgan fingerprint density at radius 2 is 0.558 bits per heavy atom. The first-order valence-corrected chi connectivity index (χ1v) is 18.5. The lowest BCUT2D eigenvalue weighted by Crippen LogP contribution is -2.30. The highest BCUT2D eigenvalue weighted by Gasteiger charge is 2.50. The van der Waals surface area contributed by atoms with E-state index in [0.717, 1.165) is 0 Å². The van der Waals surface area contributed by atoms with Crippen molar-refractivity contribution in [2.45, 2.75) is 38.5 Å². The summed E-state index contributed by atoms with van der Waals surface area (Å²) in [7, 11) is 0. The fourth-order valence-electron chi connectivity index (χ4n) is 9.77. The van der Waals surface area contributed by atoms with Gasteiger partial charge >= 0.3 is 0 Å². The molecule has 0 saturated carbocycles. The molecule has 2 aliphatic rings. The number of hydrogen-bond donors (Lipinski definition) is 0. The van der Waals surface area contributed by atoms with Crippen LogP contribution in [-0.2, 0) is 10.8 Å². The third-order valence-corrected chi connectivity index (χ3v) is 12.1. The van der Waals surface area contributed by atoms with Crippen LogP contribution in [0.15, 0.2) is 170 Å². The lowest BCUT2D eigenvalue weighted by molar-refractivity contribution is 0.769. The third kappa shape index (κ3) is 4.04. The van der Waals surface area contributed by atoms with Gasteiger partial charge in [-0.3, -0.25) is 0 Å². The fraction of sp³-hybridized carbons (Fsp3) is 0.115. The van der Waals surface area contributed by atoms with Crippen molar-refractivity contribution in [3.8, 4) is 22.3 Å². The van der Waals surface area contributed by atoms with Crippen molar-refractivity contribution in [1.29, 1.82) is 0 Å². The van der Waals surface area contributed by atoms with Gasteiger partial charge < -0.3 is 0 Å². The minimum atomic E-state index is -0.497. The lowest BCUT2D eigenvalue weighted by Gasteiger charge is -2.37. The molecular weight excluding hydrogens is 625 g/mol. The second-order valence-electron chi connectivity index (χ2n) is 15.1. The van der Waals surface area contributed by atoms with Gasteiger partial charge in [0.05, 0.1) is 10.8 Å². The van der Waals surface area contributed by atoms with E-state index in [0.29, 0.717) is 0 Å². The maximum absolute atomic E-state index is 2.44. The SMILES string of the molecule is Cc1ccc(C2(c3ccc(C)cc3)c3ccccc3-c3ccc4c5c(ccc4c32)-c2ccccc2C5(c2ccc(C)cc2)c2ccc(C)cc2)cc1. The minimum absolute atomic E-state index is 0.497. The van der Waals surface area contributed by atoms with Crippen LogP contribution < -0.4 is 0 Å². The quantitative estimate of drug-likeness (QED) is 0.176. The van der Waals surface area contributed by atoms with Gasteiger partial charge in [0.1, 0.15) is 0 Å². The number of aryl methyl sites for hydroxylation is 4. The van der Waals surface area contributed by atoms with Gasteiger partial charge in [0.2, 0.25) is 0 Å². The molecule has 0 fully saturated rings. The Labute approximate surface area is 307 Å². The van der Waals surface area contributed by atoms with Crippen LogP contribution in [0.4, 0.5) is 0 Å². The predicted octanol–water partition coefficient (Wildman–Crippen LogP) is 12.8. The molecule has 0 radical (unpaired) electrons. The molecule has 0 amide bonds. The van der Waals surface area contributed by atoms with E-state index in [1.165, 1.54) is 99.8 Å². The van der Waals surface area contributed by atoms with Gasteiger partial charge in [-0.25, -0.2) is 0 Å². The largest absolute Gasteiger partial charge is 0.0719 e. The van der Waals surface area contributed by atoms with Crippen LogP contribution in [0.25, 0.3) is 33.0 Å². The first-order valence-electron chi connectivity index (χ1n) is 18.5. The molecule has 52 heavy (non-hydrogen) atoms. The van der Waals surface area contributed by atoms with Crippen LogP contribution in [0.1, 0.15) is 66.8 Å². The summed E-state index contributed by atoms with van der Waals surface area (Å²) in [6.07, 6.45) is 0. The van der Waals surface area contributed by atoms with E-state index in [1.807, 2.05) is 0 Å². The maximum Gasteiger partial charge on any atom is 0.0719 e. The van der Waals surface area contributed by atoms with Crippen LogP contribution in [0.2, 0.25) is 0 Å². The van der Waals surface area contributed by atoms with Crippen molar-refractivity contribution < 1.29 is 0 Å². The monoisotopic (exact) mass is 664 g/mol. The molecule has 2 aliphatic carbocycles. The van der Waals surface area contributed by atoms with Crippen molar-refractivity contribution in [1.82, 2.24) is 0 Å². The Kier molecular flexibility index (Phi) is 6.67. The smallest absolute Gasteiger partial charge is 0.0619 e. The zero-order valence-corrected chi connectivity index (χ0v) is 30.2. The molecule has 0 aliphatic heterocycles. The average Bonchev–Trinajstić information content (AvgIpc) is 3.65. The van der Waals surface area contributed by atoms with Crippen molar-refractivity contribution in [2.24, 2.45) is 0 Å². The molecule has 0 heteroatoms. The first kappa shape index (κ1) is 30.8. The van der Waals surface area contributed by atoms with Crippen LogP contribution in [-0.4, -0.2) is 0 Å². The summed E-state index contributed by atoms with van der Waals surface area (Å²) in [5, 5.41) is 2.62. The number of fused-ring (bicyclic) bond motifs is 9. The summed E-state index contributed by atoms with van der Waals surface area (Å²) in [6.45, 7) is 8.74.